The Morgan fingerprint density at radius 1 is 1.43 bits per heavy atom. The van der Waals surface area contributed by atoms with Crippen molar-refractivity contribution in [1.82, 2.24) is 5.32 Å². The molecule has 1 aromatic carbocycles. The zero-order valence-electron chi connectivity index (χ0n) is 11.8. The Bertz CT molecular complexity index is 534. The molecule has 3 rings (SSSR count). The van der Waals surface area contributed by atoms with E-state index in [1.807, 2.05) is 18.2 Å². The molecule has 1 saturated carbocycles. The predicted octanol–water partition coefficient (Wildman–Crippen LogP) is 1.39. The maximum Gasteiger partial charge on any atom is 0.245 e. The molecule has 114 valence electrons. The molecule has 5 nitrogen and oxygen atoms in total. The Morgan fingerprint density at radius 3 is 2.95 bits per heavy atom. The van der Waals surface area contributed by atoms with Crippen LogP contribution in [0.25, 0.3) is 0 Å². The number of hydrogen-bond donors (Lipinski definition) is 2. The van der Waals surface area contributed by atoms with Gasteiger partial charge in [0, 0.05) is 29.3 Å². The SMILES string of the molecule is NCc1cc(Br)cc(N2CCOCC2C(=O)NC2CC2)c1. The second kappa shape index (κ2) is 6.34. The lowest BCUT2D eigenvalue weighted by molar-refractivity contribution is -0.124. The third-order valence-electron chi connectivity index (χ3n) is 3.86. The van der Waals surface area contributed by atoms with E-state index in [-0.39, 0.29) is 11.9 Å². The minimum Gasteiger partial charge on any atom is -0.377 e. The van der Waals surface area contributed by atoms with Gasteiger partial charge in [0.1, 0.15) is 6.04 Å². The van der Waals surface area contributed by atoms with E-state index in [9.17, 15) is 4.79 Å². The number of benzene rings is 1. The van der Waals surface area contributed by atoms with E-state index in [4.69, 9.17) is 10.5 Å². The topological polar surface area (TPSA) is 67.6 Å². The standard InChI is InChI=1S/C15H20BrN3O2/c16-11-5-10(8-17)6-13(7-11)19-3-4-21-9-14(19)15(20)18-12-1-2-12/h5-7,12,14H,1-4,8-9,17H2,(H,18,20). The molecule has 2 fully saturated rings. The minimum absolute atomic E-state index is 0.0615. The number of carbonyl (C=O) groups is 1. The molecule has 6 heteroatoms. The van der Waals surface area contributed by atoms with Crippen LogP contribution in [0.3, 0.4) is 0 Å². The molecule has 1 aliphatic heterocycles. The van der Waals surface area contributed by atoms with Crippen LogP contribution >= 0.6 is 15.9 Å². The summed E-state index contributed by atoms with van der Waals surface area (Å²) in [7, 11) is 0. The van der Waals surface area contributed by atoms with Crippen molar-refractivity contribution in [2.75, 3.05) is 24.7 Å². The normalized spacial score (nSPS) is 22.2. The number of nitrogens with two attached hydrogens (primary N) is 1. The molecule has 2 aliphatic rings. The van der Waals surface area contributed by atoms with Crippen LogP contribution in [0.1, 0.15) is 18.4 Å². The van der Waals surface area contributed by atoms with Gasteiger partial charge < -0.3 is 20.7 Å². The first-order valence-electron chi connectivity index (χ1n) is 7.31. The first-order chi connectivity index (χ1) is 10.2. The third-order valence-corrected chi connectivity index (χ3v) is 4.32. The highest BCUT2D eigenvalue weighted by atomic mass is 79.9. The average molecular weight is 354 g/mol. The Hall–Kier alpha value is -1.11. The molecule has 0 bridgehead atoms. The molecular weight excluding hydrogens is 334 g/mol. The highest BCUT2D eigenvalue weighted by Gasteiger charge is 2.33. The summed E-state index contributed by atoms with van der Waals surface area (Å²) in [5.74, 6) is 0.0615. The smallest absolute Gasteiger partial charge is 0.245 e. The largest absolute Gasteiger partial charge is 0.377 e. The second-order valence-electron chi connectivity index (χ2n) is 5.59. The summed E-state index contributed by atoms with van der Waals surface area (Å²) in [6.45, 7) is 2.26. The Balaban J connectivity index is 1.82. The van der Waals surface area contributed by atoms with Crippen LogP contribution in [0, 0.1) is 0 Å². The second-order valence-corrected chi connectivity index (χ2v) is 6.50. The zero-order valence-corrected chi connectivity index (χ0v) is 13.4. The van der Waals surface area contributed by atoms with Gasteiger partial charge in [-0.25, -0.2) is 0 Å². The van der Waals surface area contributed by atoms with E-state index in [1.54, 1.807) is 0 Å². The van der Waals surface area contributed by atoms with Crippen LogP contribution in [-0.4, -0.2) is 37.7 Å². The summed E-state index contributed by atoms with van der Waals surface area (Å²) >= 11 is 3.51. The monoisotopic (exact) mass is 353 g/mol. The number of anilines is 1. The van der Waals surface area contributed by atoms with Crippen LogP contribution in [0.15, 0.2) is 22.7 Å². The van der Waals surface area contributed by atoms with Gasteiger partial charge in [-0.15, -0.1) is 0 Å². The number of nitrogens with one attached hydrogen (secondary N) is 1. The molecule has 3 N–H and O–H groups in total. The van der Waals surface area contributed by atoms with Crippen molar-refractivity contribution in [3.05, 3.63) is 28.2 Å². The predicted molar refractivity (Wildman–Crippen MR) is 85.2 cm³/mol. The maximum atomic E-state index is 12.4. The fraction of sp³-hybridized carbons (Fsp3) is 0.533. The first kappa shape index (κ1) is 14.8. The molecule has 0 radical (unpaired) electrons. The van der Waals surface area contributed by atoms with Crippen molar-refractivity contribution < 1.29 is 9.53 Å². The lowest BCUT2D eigenvalue weighted by Gasteiger charge is -2.36. The van der Waals surface area contributed by atoms with Gasteiger partial charge in [0.2, 0.25) is 5.91 Å². The molecule has 1 atom stereocenters. The van der Waals surface area contributed by atoms with Gasteiger partial charge in [-0.3, -0.25) is 4.79 Å². The zero-order chi connectivity index (χ0) is 14.8. The van der Waals surface area contributed by atoms with Crippen LogP contribution in [0.4, 0.5) is 5.69 Å². The van der Waals surface area contributed by atoms with Gasteiger partial charge in [0.15, 0.2) is 0 Å². The minimum atomic E-state index is -0.265. The quantitative estimate of drug-likeness (QED) is 0.858. The van der Waals surface area contributed by atoms with Gasteiger partial charge >= 0.3 is 0 Å². The molecule has 21 heavy (non-hydrogen) atoms. The van der Waals surface area contributed by atoms with E-state index < -0.39 is 0 Å². The van der Waals surface area contributed by atoms with Gasteiger partial charge in [-0.05, 0) is 36.6 Å². The van der Waals surface area contributed by atoms with Crippen LogP contribution in [-0.2, 0) is 16.1 Å². The van der Waals surface area contributed by atoms with Gasteiger partial charge in [-0.1, -0.05) is 15.9 Å². The summed E-state index contributed by atoms with van der Waals surface area (Å²) in [5.41, 5.74) is 7.81. The van der Waals surface area contributed by atoms with Crippen LogP contribution in [0.5, 0.6) is 0 Å². The fourth-order valence-electron chi connectivity index (χ4n) is 2.57. The fourth-order valence-corrected chi connectivity index (χ4v) is 3.10. The van der Waals surface area contributed by atoms with Crippen molar-refractivity contribution in [2.45, 2.75) is 31.5 Å². The Labute approximate surface area is 132 Å². The third kappa shape index (κ3) is 3.56. The molecule has 1 aliphatic carbocycles. The summed E-state index contributed by atoms with van der Waals surface area (Å²) in [5, 5.41) is 3.07. The Morgan fingerprint density at radius 2 is 2.24 bits per heavy atom. The summed E-state index contributed by atoms with van der Waals surface area (Å²) < 4.78 is 6.48. The van der Waals surface area contributed by atoms with Gasteiger partial charge in [0.05, 0.1) is 13.2 Å². The number of ether oxygens (including phenoxy) is 1. The van der Waals surface area contributed by atoms with Crippen molar-refractivity contribution in [1.29, 1.82) is 0 Å². The van der Waals surface area contributed by atoms with E-state index in [2.05, 4.69) is 26.1 Å². The first-order valence-corrected chi connectivity index (χ1v) is 8.11. The molecule has 1 saturated heterocycles. The molecule has 1 amide bonds. The molecule has 1 heterocycles. The lowest BCUT2D eigenvalue weighted by atomic mass is 10.1. The van der Waals surface area contributed by atoms with Crippen molar-refractivity contribution in [3.8, 4) is 0 Å². The van der Waals surface area contributed by atoms with Gasteiger partial charge in [0.25, 0.3) is 0 Å². The summed E-state index contributed by atoms with van der Waals surface area (Å²) in [6, 6.07) is 6.18. The van der Waals surface area contributed by atoms with Gasteiger partial charge in [-0.2, -0.15) is 0 Å². The summed E-state index contributed by atoms with van der Waals surface area (Å²) in [4.78, 5) is 14.5. The van der Waals surface area contributed by atoms with E-state index in [0.717, 1.165) is 28.6 Å². The lowest BCUT2D eigenvalue weighted by Crippen LogP contribution is -2.54. The number of amides is 1. The highest BCUT2D eigenvalue weighted by Crippen LogP contribution is 2.27. The van der Waals surface area contributed by atoms with E-state index in [0.29, 0.717) is 32.3 Å². The molecule has 0 spiro atoms. The van der Waals surface area contributed by atoms with E-state index in [1.165, 1.54) is 0 Å². The van der Waals surface area contributed by atoms with E-state index >= 15 is 0 Å². The van der Waals surface area contributed by atoms with Crippen LogP contribution in [0.2, 0.25) is 0 Å². The van der Waals surface area contributed by atoms with Crippen molar-refractivity contribution in [2.24, 2.45) is 5.73 Å². The number of rotatable bonds is 4. The number of hydrogen-bond acceptors (Lipinski definition) is 4. The average Bonchev–Trinajstić information content (AvgIpc) is 3.30. The number of halogens is 1. The Kier molecular flexibility index (Phi) is 4.47. The highest BCUT2D eigenvalue weighted by molar-refractivity contribution is 9.10. The molecule has 1 aromatic rings. The molecule has 1 unspecified atom stereocenters. The number of morpholine rings is 1. The summed E-state index contributed by atoms with van der Waals surface area (Å²) in [6.07, 6.45) is 2.18. The van der Waals surface area contributed by atoms with Crippen molar-refractivity contribution >= 4 is 27.5 Å². The number of carbonyl (C=O) groups excluding carboxylic acids is 1. The van der Waals surface area contributed by atoms with Crippen LogP contribution < -0.4 is 16.0 Å². The molecular formula is C15H20BrN3O2. The van der Waals surface area contributed by atoms with Crippen molar-refractivity contribution in [3.63, 3.8) is 0 Å². The maximum absolute atomic E-state index is 12.4. The molecule has 0 aromatic heterocycles. The number of nitrogens with zero attached hydrogens (tertiary/aromatic N) is 1.